The molecule has 2 amide bonds. The molecular formula is C24H32N6O3. The number of carbonyl (C=O) groups is 2. The number of likely N-dealkylation sites (tertiary alicyclic amines) is 1. The Kier molecular flexibility index (Phi) is 5.31. The van der Waals surface area contributed by atoms with Crippen LogP contribution >= 0.6 is 0 Å². The van der Waals surface area contributed by atoms with Crippen LogP contribution in [0.15, 0.2) is 23.6 Å². The topological polar surface area (TPSA) is 91.2 Å². The number of anilines is 1. The number of carbonyl (C=O) groups excluding carboxylic acids is 2. The van der Waals surface area contributed by atoms with Gasteiger partial charge in [-0.2, -0.15) is 0 Å². The number of unbranched alkanes of at least 4 members (excludes halogenated alkanes) is 1. The van der Waals surface area contributed by atoms with Gasteiger partial charge in [-0.05, 0) is 51.1 Å². The van der Waals surface area contributed by atoms with Gasteiger partial charge in [0.2, 0.25) is 17.8 Å². The Hall–Kier alpha value is -2.55. The summed E-state index contributed by atoms with van der Waals surface area (Å²) in [5, 5.41) is 4.21. The van der Waals surface area contributed by atoms with Crippen molar-refractivity contribution in [1.82, 2.24) is 19.8 Å². The lowest BCUT2D eigenvalue weighted by atomic mass is 9.53. The van der Waals surface area contributed by atoms with Gasteiger partial charge in [-0.15, -0.1) is 0 Å². The molecule has 0 spiro atoms. The maximum Gasteiger partial charge on any atom is 0.233 e. The third kappa shape index (κ3) is 3.43. The van der Waals surface area contributed by atoms with E-state index in [2.05, 4.69) is 24.9 Å². The van der Waals surface area contributed by atoms with E-state index in [1.165, 1.54) is 0 Å². The Balaban J connectivity index is 1.00. The summed E-state index contributed by atoms with van der Waals surface area (Å²) in [5.41, 5.74) is 1.01. The van der Waals surface area contributed by atoms with Crippen LogP contribution in [0.2, 0.25) is 0 Å². The fourth-order valence-corrected chi connectivity index (χ4v) is 7.05. The molecule has 3 saturated carbocycles. The van der Waals surface area contributed by atoms with E-state index in [1.807, 2.05) is 13.0 Å². The molecule has 9 nitrogen and oxygen atoms in total. The number of nitrogens with zero attached hydrogens (tertiary/aromatic N) is 6. The van der Waals surface area contributed by atoms with Crippen LogP contribution in [0.25, 0.3) is 0 Å². The molecule has 0 aromatic carbocycles. The van der Waals surface area contributed by atoms with Crippen molar-refractivity contribution in [3.05, 3.63) is 18.5 Å². The maximum absolute atomic E-state index is 13.3. The SMILES string of the molecule is CC1=NOC2C3CCC(C12)C1C(=O)N(CCCCN2CCN(c4ncccn4)CC2)C(=O)C31. The summed E-state index contributed by atoms with van der Waals surface area (Å²) >= 11 is 0. The quantitative estimate of drug-likeness (QED) is 0.476. The number of imide groups is 1. The van der Waals surface area contributed by atoms with Crippen molar-refractivity contribution in [3.63, 3.8) is 0 Å². The number of aromatic nitrogens is 2. The smallest absolute Gasteiger partial charge is 0.233 e. The molecule has 7 rings (SSSR count). The van der Waals surface area contributed by atoms with E-state index in [0.29, 0.717) is 6.54 Å². The van der Waals surface area contributed by atoms with Crippen molar-refractivity contribution in [1.29, 1.82) is 0 Å². The highest BCUT2D eigenvalue weighted by Crippen LogP contribution is 2.57. The first-order chi connectivity index (χ1) is 16.1. The minimum Gasteiger partial charge on any atom is -0.392 e. The third-order valence-electron chi connectivity index (χ3n) is 8.60. The van der Waals surface area contributed by atoms with Crippen LogP contribution in [0, 0.1) is 29.6 Å². The van der Waals surface area contributed by atoms with Gasteiger partial charge in [0.1, 0.15) is 6.10 Å². The highest BCUT2D eigenvalue weighted by atomic mass is 16.6. The summed E-state index contributed by atoms with van der Waals surface area (Å²) in [4.78, 5) is 47.2. The van der Waals surface area contributed by atoms with Gasteiger partial charge in [0.05, 0.1) is 17.5 Å². The van der Waals surface area contributed by atoms with Crippen LogP contribution in [0.1, 0.15) is 32.6 Å². The summed E-state index contributed by atoms with van der Waals surface area (Å²) in [6.07, 6.45) is 7.40. The largest absolute Gasteiger partial charge is 0.392 e. The summed E-state index contributed by atoms with van der Waals surface area (Å²) in [7, 11) is 0. The van der Waals surface area contributed by atoms with Crippen molar-refractivity contribution < 1.29 is 14.4 Å². The Labute approximate surface area is 194 Å². The molecule has 33 heavy (non-hydrogen) atoms. The molecule has 6 aliphatic rings. The van der Waals surface area contributed by atoms with E-state index in [-0.39, 0.29) is 47.5 Å². The Morgan fingerprint density at radius 3 is 2.33 bits per heavy atom. The van der Waals surface area contributed by atoms with Crippen molar-refractivity contribution in [2.75, 3.05) is 44.2 Å². The van der Waals surface area contributed by atoms with Gasteiger partial charge >= 0.3 is 0 Å². The molecule has 5 fully saturated rings. The first-order valence-corrected chi connectivity index (χ1v) is 12.4. The number of hydrogen-bond acceptors (Lipinski definition) is 8. The van der Waals surface area contributed by atoms with Gasteiger partial charge in [-0.25, -0.2) is 9.97 Å². The highest BCUT2D eigenvalue weighted by Gasteiger charge is 2.66. The van der Waals surface area contributed by atoms with Gasteiger partial charge in [0.15, 0.2) is 0 Å². The first-order valence-electron chi connectivity index (χ1n) is 12.4. The first kappa shape index (κ1) is 21.0. The normalized spacial score (nSPS) is 35.5. The predicted molar refractivity (Wildman–Crippen MR) is 121 cm³/mol. The standard InChI is InChI=1S/C24H32N6O3/c1-15-18-16-5-6-17(21(18)33-27-15)20-19(16)22(31)30(23(20)32)10-3-2-9-28-11-13-29(14-12-28)24-25-7-4-8-26-24/h4,7-8,16-21H,2-3,5-6,9-14H2,1H3. The second kappa shape index (κ2) is 8.34. The zero-order chi connectivity index (χ0) is 22.5. The van der Waals surface area contributed by atoms with Crippen LogP contribution in [-0.2, 0) is 14.4 Å². The Bertz CT molecular complexity index is 947. The summed E-state index contributed by atoms with van der Waals surface area (Å²) in [5.74, 6) is 1.14. The molecule has 176 valence electrons. The van der Waals surface area contributed by atoms with Crippen LogP contribution in [0.5, 0.6) is 0 Å². The van der Waals surface area contributed by atoms with Gasteiger partial charge in [0, 0.05) is 57.0 Å². The lowest BCUT2D eigenvalue weighted by Gasteiger charge is -2.48. The molecule has 2 saturated heterocycles. The van der Waals surface area contributed by atoms with Gasteiger partial charge < -0.3 is 9.74 Å². The predicted octanol–water partition coefficient (Wildman–Crippen LogP) is 1.41. The molecular weight excluding hydrogens is 420 g/mol. The molecule has 0 radical (unpaired) electrons. The van der Waals surface area contributed by atoms with Crippen molar-refractivity contribution in [2.24, 2.45) is 34.7 Å². The molecule has 3 aliphatic carbocycles. The number of piperazine rings is 1. The average Bonchev–Trinajstić information content (AvgIpc) is 3.38. The number of oxime groups is 1. The van der Waals surface area contributed by atoms with E-state index in [9.17, 15) is 9.59 Å². The van der Waals surface area contributed by atoms with Crippen LogP contribution < -0.4 is 4.90 Å². The Morgan fingerprint density at radius 2 is 1.58 bits per heavy atom. The lowest BCUT2D eigenvalue weighted by molar-refractivity contribution is -0.146. The molecule has 6 unspecified atom stereocenters. The Morgan fingerprint density at radius 1 is 0.909 bits per heavy atom. The summed E-state index contributed by atoms with van der Waals surface area (Å²) < 4.78 is 0. The number of fused-ring (bicyclic) bond motifs is 1. The monoisotopic (exact) mass is 452 g/mol. The van der Waals surface area contributed by atoms with Gasteiger partial charge in [-0.1, -0.05) is 5.16 Å². The van der Waals surface area contributed by atoms with E-state index in [1.54, 1.807) is 17.3 Å². The third-order valence-corrected chi connectivity index (χ3v) is 8.60. The molecule has 0 N–H and O–H groups in total. The zero-order valence-electron chi connectivity index (χ0n) is 19.2. The second-order valence-corrected chi connectivity index (χ2v) is 10.2. The van der Waals surface area contributed by atoms with Crippen molar-refractivity contribution >= 4 is 23.5 Å². The van der Waals surface area contributed by atoms with E-state index in [0.717, 1.165) is 70.1 Å². The van der Waals surface area contributed by atoms with Gasteiger partial charge in [0.25, 0.3) is 0 Å². The fraction of sp³-hybridized carbons (Fsp3) is 0.708. The minimum atomic E-state index is -0.188. The van der Waals surface area contributed by atoms with E-state index >= 15 is 0 Å². The summed E-state index contributed by atoms with van der Waals surface area (Å²) in [6.45, 7) is 7.36. The maximum atomic E-state index is 13.3. The molecule has 6 atom stereocenters. The second-order valence-electron chi connectivity index (χ2n) is 10.2. The summed E-state index contributed by atoms with van der Waals surface area (Å²) in [6, 6.07) is 1.84. The van der Waals surface area contributed by atoms with Gasteiger partial charge in [-0.3, -0.25) is 19.4 Å². The van der Waals surface area contributed by atoms with Crippen LogP contribution in [0.3, 0.4) is 0 Å². The number of hydrogen-bond donors (Lipinski definition) is 0. The molecule has 4 heterocycles. The van der Waals surface area contributed by atoms with E-state index < -0.39 is 0 Å². The van der Waals surface area contributed by atoms with Crippen molar-refractivity contribution in [2.45, 2.75) is 38.7 Å². The van der Waals surface area contributed by atoms with Crippen LogP contribution in [-0.4, -0.2) is 82.7 Å². The van der Waals surface area contributed by atoms with E-state index in [4.69, 9.17) is 4.84 Å². The molecule has 3 aliphatic heterocycles. The molecule has 1 aromatic heterocycles. The van der Waals surface area contributed by atoms with Crippen molar-refractivity contribution in [3.8, 4) is 0 Å². The molecule has 1 aromatic rings. The van der Waals surface area contributed by atoms with Crippen LogP contribution in [0.4, 0.5) is 5.95 Å². The number of amides is 2. The zero-order valence-corrected chi connectivity index (χ0v) is 19.2. The highest BCUT2D eigenvalue weighted by molar-refractivity contribution is 6.06. The number of rotatable bonds is 6. The minimum absolute atomic E-state index is 0.00153. The lowest BCUT2D eigenvalue weighted by Crippen LogP contribution is -2.55. The molecule has 2 bridgehead atoms. The average molecular weight is 453 g/mol. The molecule has 9 heteroatoms. The fourth-order valence-electron chi connectivity index (χ4n) is 7.05.